The zero-order chi connectivity index (χ0) is 12.7. The van der Waals surface area contributed by atoms with Crippen LogP contribution in [0.5, 0.6) is 0 Å². The van der Waals surface area contributed by atoms with Crippen molar-refractivity contribution >= 4 is 17.6 Å². The summed E-state index contributed by atoms with van der Waals surface area (Å²) in [5.41, 5.74) is 0.416. The van der Waals surface area contributed by atoms with Gasteiger partial charge in [-0.05, 0) is 19.1 Å². The smallest absolute Gasteiger partial charge is 0.254 e. The van der Waals surface area contributed by atoms with Gasteiger partial charge in [-0.15, -0.1) is 0 Å². The molecule has 92 valence electrons. The van der Waals surface area contributed by atoms with Crippen LogP contribution in [0.25, 0.3) is 0 Å². The second-order valence-corrected chi connectivity index (χ2v) is 3.29. The largest absolute Gasteiger partial charge is 0.360 e. The van der Waals surface area contributed by atoms with Crippen molar-refractivity contribution < 1.29 is 9.59 Å². The Morgan fingerprint density at radius 2 is 2.18 bits per heavy atom. The molecule has 0 aliphatic rings. The summed E-state index contributed by atoms with van der Waals surface area (Å²) in [5.74, 6) is 0.0237. The van der Waals surface area contributed by atoms with E-state index in [2.05, 4.69) is 20.9 Å². The Hall–Kier alpha value is -2.11. The first-order valence-electron chi connectivity index (χ1n) is 5.36. The van der Waals surface area contributed by atoms with Crippen molar-refractivity contribution in [2.75, 3.05) is 25.5 Å². The molecule has 0 spiro atoms. The third-order valence-electron chi connectivity index (χ3n) is 2.07. The Labute approximate surface area is 99.8 Å². The molecule has 3 N–H and O–H groups in total. The average molecular weight is 236 g/mol. The maximum atomic E-state index is 11.5. The van der Waals surface area contributed by atoms with Gasteiger partial charge in [-0.25, -0.2) is 4.98 Å². The van der Waals surface area contributed by atoms with Crippen molar-refractivity contribution in [3.63, 3.8) is 0 Å². The van der Waals surface area contributed by atoms with Crippen LogP contribution in [-0.2, 0) is 4.79 Å². The van der Waals surface area contributed by atoms with Gasteiger partial charge in [-0.1, -0.05) is 0 Å². The Morgan fingerprint density at radius 1 is 1.41 bits per heavy atom. The fourth-order valence-electron chi connectivity index (χ4n) is 1.29. The fourth-order valence-corrected chi connectivity index (χ4v) is 1.29. The standard InChI is InChI=1S/C11H16N4O2/c1-3-13-9(16)7-15-10-8(11(17)12-2)5-4-6-14-10/h4-6H,3,7H2,1-2H3,(H,12,17)(H,13,16)(H,14,15). The van der Waals surface area contributed by atoms with Crippen molar-refractivity contribution in [2.45, 2.75) is 6.92 Å². The van der Waals surface area contributed by atoms with Crippen LogP contribution in [0.1, 0.15) is 17.3 Å². The van der Waals surface area contributed by atoms with Gasteiger partial charge in [-0.3, -0.25) is 9.59 Å². The second kappa shape index (κ2) is 6.47. The number of nitrogens with zero attached hydrogens (tertiary/aromatic N) is 1. The molecule has 6 heteroatoms. The SMILES string of the molecule is CCNC(=O)CNc1ncccc1C(=O)NC. The van der Waals surface area contributed by atoms with E-state index >= 15 is 0 Å². The number of carbonyl (C=O) groups excluding carboxylic acids is 2. The predicted molar refractivity (Wildman–Crippen MR) is 64.8 cm³/mol. The first kappa shape index (κ1) is 13.0. The molecule has 0 radical (unpaired) electrons. The molecule has 1 aromatic heterocycles. The van der Waals surface area contributed by atoms with E-state index in [0.29, 0.717) is 17.9 Å². The molecular weight excluding hydrogens is 220 g/mol. The number of rotatable bonds is 5. The van der Waals surface area contributed by atoms with Crippen molar-refractivity contribution in [2.24, 2.45) is 0 Å². The zero-order valence-corrected chi connectivity index (χ0v) is 9.91. The lowest BCUT2D eigenvalue weighted by Crippen LogP contribution is -2.30. The van der Waals surface area contributed by atoms with Crippen molar-refractivity contribution in [3.05, 3.63) is 23.9 Å². The van der Waals surface area contributed by atoms with Crippen LogP contribution in [0.2, 0.25) is 0 Å². The number of pyridine rings is 1. The third kappa shape index (κ3) is 3.75. The van der Waals surface area contributed by atoms with Gasteiger partial charge in [0.1, 0.15) is 5.82 Å². The number of aromatic nitrogens is 1. The summed E-state index contributed by atoms with van der Waals surface area (Å²) in [6.45, 7) is 2.51. The number of hydrogen-bond donors (Lipinski definition) is 3. The summed E-state index contributed by atoms with van der Waals surface area (Å²) in [6.07, 6.45) is 1.56. The number of carbonyl (C=O) groups is 2. The molecule has 1 aromatic rings. The molecule has 1 heterocycles. The monoisotopic (exact) mass is 236 g/mol. The molecular formula is C11H16N4O2. The molecule has 0 fully saturated rings. The zero-order valence-electron chi connectivity index (χ0n) is 9.91. The molecule has 0 saturated heterocycles. The Bertz CT molecular complexity index is 406. The molecule has 1 rings (SSSR count). The molecule has 0 aromatic carbocycles. The molecule has 0 saturated carbocycles. The maximum Gasteiger partial charge on any atom is 0.254 e. The molecule has 0 atom stereocenters. The first-order valence-corrected chi connectivity index (χ1v) is 5.36. The highest BCUT2D eigenvalue weighted by molar-refractivity contribution is 5.98. The highest BCUT2D eigenvalue weighted by Crippen LogP contribution is 2.10. The Morgan fingerprint density at radius 3 is 2.82 bits per heavy atom. The highest BCUT2D eigenvalue weighted by atomic mass is 16.2. The summed E-state index contributed by atoms with van der Waals surface area (Å²) in [6, 6.07) is 3.31. The molecule has 17 heavy (non-hydrogen) atoms. The second-order valence-electron chi connectivity index (χ2n) is 3.29. The van der Waals surface area contributed by atoms with Gasteiger partial charge in [0.15, 0.2) is 0 Å². The number of likely N-dealkylation sites (N-methyl/N-ethyl adjacent to an activating group) is 1. The Kier molecular flexibility index (Phi) is 4.93. The summed E-state index contributed by atoms with van der Waals surface area (Å²) in [4.78, 5) is 26.8. The lowest BCUT2D eigenvalue weighted by Gasteiger charge is -2.09. The van der Waals surface area contributed by atoms with Crippen LogP contribution in [0.15, 0.2) is 18.3 Å². The third-order valence-corrected chi connectivity index (χ3v) is 2.07. The van der Waals surface area contributed by atoms with Crippen LogP contribution >= 0.6 is 0 Å². The predicted octanol–water partition coefficient (Wildman–Crippen LogP) is -0.0108. The van der Waals surface area contributed by atoms with E-state index in [1.54, 1.807) is 25.4 Å². The summed E-state index contributed by atoms with van der Waals surface area (Å²) in [7, 11) is 1.54. The number of anilines is 1. The number of nitrogens with one attached hydrogen (secondary N) is 3. The summed E-state index contributed by atoms with van der Waals surface area (Å²) >= 11 is 0. The quantitative estimate of drug-likeness (QED) is 0.671. The van der Waals surface area contributed by atoms with Gasteiger partial charge in [0.05, 0.1) is 12.1 Å². The van der Waals surface area contributed by atoms with E-state index in [1.807, 2.05) is 6.92 Å². The maximum absolute atomic E-state index is 11.5. The fraction of sp³-hybridized carbons (Fsp3) is 0.364. The van der Waals surface area contributed by atoms with E-state index < -0.39 is 0 Å². The number of amides is 2. The van der Waals surface area contributed by atoms with Crippen LogP contribution in [-0.4, -0.2) is 36.9 Å². The molecule has 0 unspecified atom stereocenters. The van der Waals surface area contributed by atoms with Crippen molar-refractivity contribution in [3.8, 4) is 0 Å². The van der Waals surface area contributed by atoms with E-state index in [1.165, 1.54) is 0 Å². The minimum atomic E-state index is -0.239. The van der Waals surface area contributed by atoms with Crippen molar-refractivity contribution in [1.29, 1.82) is 0 Å². The van der Waals surface area contributed by atoms with Gasteiger partial charge in [-0.2, -0.15) is 0 Å². The minimum absolute atomic E-state index is 0.0921. The summed E-state index contributed by atoms with van der Waals surface area (Å²) in [5, 5.41) is 7.99. The topological polar surface area (TPSA) is 83.1 Å². The molecule has 0 aliphatic carbocycles. The van der Waals surface area contributed by atoms with Gasteiger partial charge in [0, 0.05) is 19.8 Å². The van der Waals surface area contributed by atoms with E-state index in [4.69, 9.17) is 0 Å². The van der Waals surface area contributed by atoms with Crippen LogP contribution < -0.4 is 16.0 Å². The highest BCUT2D eigenvalue weighted by Gasteiger charge is 2.10. The van der Waals surface area contributed by atoms with Crippen LogP contribution in [0.4, 0.5) is 5.82 Å². The minimum Gasteiger partial charge on any atom is -0.360 e. The first-order chi connectivity index (χ1) is 8.19. The van der Waals surface area contributed by atoms with E-state index in [0.717, 1.165) is 0 Å². The van der Waals surface area contributed by atoms with Gasteiger partial charge in [0.25, 0.3) is 5.91 Å². The normalized spacial score (nSPS) is 9.53. The van der Waals surface area contributed by atoms with Gasteiger partial charge in [0.2, 0.25) is 5.91 Å². The lowest BCUT2D eigenvalue weighted by atomic mass is 10.2. The van der Waals surface area contributed by atoms with Crippen LogP contribution in [0.3, 0.4) is 0 Å². The van der Waals surface area contributed by atoms with Gasteiger partial charge >= 0.3 is 0 Å². The lowest BCUT2D eigenvalue weighted by molar-refractivity contribution is -0.119. The molecule has 2 amide bonds. The van der Waals surface area contributed by atoms with E-state index in [-0.39, 0.29) is 18.4 Å². The molecule has 0 aliphatic heterocycles. The van der Waals surface area contributed by atoms with Crippen molar-refractivity contribution in [1.82, 2.24) is 15.6 Å². The summed E-state index contributed by atoms with van der Waals surface area (Å²) < 4.78 is 0. The van der Waals surface area contributed by atoms with Gasteiger partial charge < -0.3 is 16.0 Å². The van der Waals surface area contributed by atoms with E-state index in [9.17, 15) is 9.59 Å². The number of hydrogen-bond acceptors (Lipinski definition) is 4. The molecule has 6 nitrogen and oxygen atoms in total. The van der Waals surface area contributed by atoms with Crippen LogP contribution in [0, 0.1) is 0 Å². The average Bonchev–Trinajstić information content (AvgIpc) is 2.36. The molecule has 0 bridgehead atoms. The Balaban J connectivity index is 2.70.